The predicted molar refractivity (Wildman–Crippen MR) is 98.1 cm³/mol. The average molecular weight is 343 g/mol. The van der Waals surface area contributed by atoms with E-state index in [-0.39, 0.29) is 5.57 Å². The zero-order valence-corrected chi connectivity index (χ0v) is 14.0. The van der Waals surface area contributed by atoms with E-state index in [1.165, 1.54) is 17.1 Å². The minimum absolute atomic E-state index is 0.00169. The Balaban J connectivity index is 1.63. The maximum absolute atomic E-state index is 12.2. The molecule has 3 aromatic rings. The van der Waals surface area contributed by atoms with Crippen LogP contribution in [0.15, 0.2) is 72.4 Å². The molecule has 0 saturated carbocycles. The summed E-state index contributed by atoms with van der Waals surface area (Å²) in [4.78, 5) is 13.6. The van der Waals surface area contributed by atoms with Gasteiger partial charge in [-0.15, -0.1) is 5.10 Å². The Morgan fingerprint density at radius 1 is 1.12 bits per heavy atom. The molecule has 1 heterocycles. The number of benzene rings is 2. The lowest BCUT2D eigenvalue weighted by Gasteiger charge is -2.04. The van der Waals surface area contributed by atoms with Gasteiger partial charge in [-0.2, -0.15) is 15.2 Å². The highest BCUT2D eigenvalue weighted by Crippen LogP contribution is 2.07. The molecule has 0 fully saturated rings. The number of nitrogens with one attached hydrogen (secondary N) is 1. The molecular formula is C20H17N5O. The number of carbonyl (C=O) groups is 1. The van der Waals surface area contributed by atoms with Crippen LogP contribution in [0.4, 0.5) is 0 Å². The molecular weight excluding hydrogens is 326 g/mol. The van der Waals surface area contributed by atoms with Gasteiger partial charge in [-0.3, -0.25) is 4.79 Å². The number of carbonyl (C=O) groups excluding carboxylic acids is 1. The summed E-state index contributed by atoms with van der Waals surface area (Å²) in [5.41, 5.74) is 2.38. The molecule has 0 radical (unpaired) electrons. The van der Waals surface area contributed by atoms with E-state index < -0.39 is 5.91 Å². The number of nitrogens with zero attached hydrogens (tertiary/aromatic N) is 4. The molecule has 0 unspecified atom stereocenters. The Bertz CT molecular complexity index is 939. The van der Waals surface area contributed by atoms with Gasteiger partial charge in [0.15, 0.2) is 0 Å². The zero-order chi connectivity index (χ0) is 18.2. The Labute approximate surface area is 151 Å². The summed E-state index contributed by atoms with van der Waals surface area (Å²) in [6.07, 6.45) is 3.65. The standard InChI is InChI=1S/C20H17N5O/c21-14-17(20(26)22-12-11-16-7-3-1-4-8-16)13-18-15-23-25(24-18)19-9-5-2-6-10-19/h1-10,13,15H,11-12H2,(H,22,26)/b17-13+. The first-order valence-electron chi connectivity index (χ1n) is 8.18. The van der Waals surface area contributed by atoms with E-state index in [4.69, 9.17) is 0 Å². The van der Waals surface area contributed by atoms with Crippen molar-refractivity contribution in [1.29, 1.82) is 5.26 Å². The number of para-hydroxylation sites is 1. The van der Waals surface area contributed by atoms with E-state index in [1.54, 1.807) is 0 Å². The molecule has 6 heteroatoms. The number of rotatable bonds is 6. The van der Waals surface area contributed by atoms with E-state index in [0.717, 1.165) is 11.3 Å². The minimum atomic E-state index is -0.419. The first-order chi connectivity index (χ1) is 12.8. The number of aromatic nitrogens is 3. The lowest BCUT2D eigenvalue weighted by atomic mass is 10.1. The summed E-state index contributed by atoms with van der Waals surface area (Å²) < 4.78 is 0. The maximum Gasteiger partial charge on any atom is 0.262 e. The van der Waals surface area contributed by atoms with Crippen LogP contribution in [0.1, 0.15) is 11.3 Å². The van der Waals surface area contributed by atoms with Crippen LogP contribution in [-0.2, 0) is 11.2 Å². The Hall–Kier alpha value is -3.72. The lowest BCUT2D eigenvalue weighted by molar-refractivity contribution is -0.117. The average Bonchev–Trinajstić information content (AvgIpc) is 3.16. The van der Waals surface area contributed by atoms with E-state index in [0.29, 0.717) is 18.7 Å². The molecule has 0 bridgehead atoms. The van der Waals surface area contributed by atoms with Gasteiger partial charge in [-0.25, -0.2) is 0 Å². The van der Waals surface area contributed by atoms with Crippen LogP contribution < -0.4 is 5.32 Å². The number of nitriles is 1. The predicted octanol–water partition coefficient (Wildman–Crippen LogP) is 2.53. The third-order valence-corrected chi connectivity index (χ3v) is 3.70. The number of hydrogen-bond acceptors (Lipinski definition) is 4. The summed E-state index contributed by atoms with van der Waals surface area (Å²) in [6.45, 7) is 0.457. The summed E-state index contributed by atoms with van der Waals surface area (Å²) >= 11 is 0. The third-order valence-electron chi connectivity index (χ3n) is 3.70. The second kappa shape index (κ2) is 8.40. The van der Waals surface area contributed by atoms with Crippen LogP contribution in [0.2, 0.25) is 0 Å². The molecule has 0 saturated heterocycles. The van der Waals surface area contributed by atoms with Gasteiger partial charge in [-0.1, -0.05) is 48.5 Å². The van der Waals surface area contributed by atoms with E-state index >= 15 is 0 Å². The second-order valence-corrected chi connectivity index (χ2v) is 5.56. The molecule has 1 aromatic heterocycles. The smallest absolute Gasteiger partial charge is 0.262 e. The van der Waals surface area contributed by atoms with Crippen LogP contribution in [0, 0.1) is 11.3 Å². The van der Waals surface area contributed by atoms with Crippen molar-refractivity contribution < 1.29 is 4.79 Å². The van der Waals surface area contributed by atoms with Gasteiger partial charge in [0.25, 0.3) is 5.91 Å². The molecule has 26 heavy (non-hydrogen) atoms. The van der Waals surface area contributed by atoms with Crippen molar-refractivity contribution in [2.45, 2.75) is 6.42 Å². The molecule has 2 aromatic carbocycles. The first-order valence-corrected chi connectivity index (χ1v) is 8.18. The molecule has 0 aliphatic heterocycles. The van der Waals surface area contributed by atoms with E-state index in [1.807, 2.05) is 66.7 Å². The van der Waals surface area contributed by atoms with E-state index in [2.05, 4.69) is 15.5 Å². The van der Waals surface area contributed by atoms with Crippen molar-refractivity contribution in [2.24, 2.45) is 0 Å². The van der Waals surface area contributed by atoms with E-state index in [9.17, 15) is 10.1 Å². The highest BCUT2D eigenvalue weighted by molar-refractivity contribution is 6.01. The fourth-order valence-corrected chi connectivity index (χ4v) is 2.38. The van der Waals surface area contributed by atoms with Gasteiger partial charge in [0, 0.05) is 6.54 Å². The van der Waals surface area contributed by atoms with Crippen LogP contribution in [0.25, 0.3) is 11.8 Å². The number of hydrogen-bond donors (Lipinski definition) is 1. The largest absolute Gasteiger partial charge is 0.351 e. The summed E-state index contributed by atoms with van der Waals surface area (Å²) in [7, 11) is 0. The molecule has 0 aliphatic carbocycles. The maximum atomic E-state index is 12.2. The summed E-state index contributed by atoms with van der Waals surface area (Å²) in [5, 5.41) is 20.5. The normalized spacial score (nSPS) is 11.0. The highest BCUT2D eigenvalue weighted by Gasteiger charge is 2.10. The zero-order valence-electron chi connectivity index (χ0n) is 14.0. The Morgan fingerprint density at radius 2 is 1.81 bits per heavy atom. The minimum Gasteiger partial charge on any atom is -0.351 e. The van der Waals surface area contributed by atoms with Crippen LogP contribution in [0.5, 0.6) is 0 Å². The van der Waals surface area contributed by atoms with Crippen molar-refractivity contribution in [3.05, 3.63) is 83.7 Å². The van der Waals surface area contributed by atoms with Gasteiger partial charge in [-0.05, 0) is 30.2 Å². The summed E-state index contributed by atoms with van der Waals surface area (Å²) in [5.74, 6) is -0.419. The fraction of sp³-hybridized carbons (Fsp3) is 0.100. The topological polar surface area (TPSA) is 83.6 Å². The Morgan fingerprint density at radius 3 is 2.50 bits per heavy atom. The van der Waals surface area contributed by atoms with Gasteiger partial charge in [0.1, 0.15) is 17.3 Å². The molecule has 3 rings (SSSR count). The first kappa shape index (κ1) is 17.1. The molecule has 0 spiro atoms. The number of amides is 1. The highest BCUT2D eigenvalue weighted by atomic mass is 16.1. The second-order valence-electron chi connectivity index (χ2n) is 5.56. The lowest BCUT2D eigenvalue weighted by Crippen LogP contribution is -2.26. The van der Waals surface area contributed by atoms with Crippen LogP contribution in [0.3, 0.4) is 0 Å². The van der Waals surface area contributed by atoms with Crippen LogP contribution >= 0.6 is 0 Å². The molecule has 0 aliphatic rings. The van der Waals surface area contributed by atoms with Crippen molar-refractivity contribution >= 4 is 12.0 Å². The molecule has 128 valence electrons. The van der Waals surface area contributed by atoms with Crippen molar-refractivity contribution in [3.8, 4) is 11.8 Å². The van der Waals surface area contributed by atoms with Crippen molar-refractivity contribution in [2.75, 3.05) is 6.54 Å². The molecule has 1 N–H and O–H groups in total. The quantitative estimate of drug-likeness (QED) is 0.551. The third kappa shape index (κ3) is 4.42. The van der Waals surface area contributed by atoms with Gasteiger partial charge in [0.2, 0.25) is 0 Å². The van der Waals surface area contributed by atoms with Gasteiger partial charge in [0.05, 0.1) is 11.9 Å². The summed E-state index contributed by atoms with van der Waals surface area (Å²) in [6, 6.07) is 21.2. The van der Waals surface area contributed by atoms with Crippen LogP contribution in [-0.4, -0.2) is 27.4 Å². The van der Waals surface area contributed by atoms with Crippen molar-refractivity contribution in [3.63, 3.8) is 0 Å². The Kier molecular flexibility index (Phi) is 5.53. The monoisotopic (exact) mass is 343 g/mol. The van der Waals surface area contributed by atoms with Gasteiger partial charge >= 0.3 is 0 Å². The van der Waals surface area contributed by atoms with Crippen molar-refractivity contribution in [1.82, 2.24) is 20.3 Å². The molecule has 1 amide bonds. The SMILES string of the molecule is N#C/C(=C\c1cnn(-c2ccccc2)n1)C(=O)NCCc1ccccc1. The molecule has 6 nitrogen and oxygen atoms in total. The van der Waals surface area contributed by atoms with Gasteiger partial charge < -0.3 is 5.32 Å². The fourth-order valence-electron chi connectivity index (χ4n) is 2.38. The molecule has 0 atom stereocenters.